The fourth-order valence-electron chi connectivity index (χ4n) is 1.78. The third kappa shape index (κ3) is 3.53. The van der Waals surface area contributed by atoms with Crippen LogP contribution in [0.15, 0.2) is 42.6 Å². The van der Waals surface area contributed by atoms with Crippen LogP contribution in [-0.4, -0.2) is 16.7 Å². The first-order chi connectivity index (χ1) is 9.20. The normalized spacial score (nSPS) is 12.2. The van der Waals surface area contributed by atoms with Crippen LogP contribution in [0.3, 0.4) is 0 Å². The number of hydrogen-bond acceptors (Lipinski definition) is 4. The second-order valence-electron chi connectivity index (χ2n) is 4.39. The lowest BCUT2D eigenvalue weighted by Gasteiger charge is -2.11. The summed E-state index contributed by atoms with van der Waals surface area (Å²) in [6.45, 7) is 1.99. The van der Waals surface area contributed by atoms with E-state index in [0.717, 1.165) is 17.0 Å². The topological polar surface area (TPSA) is 68.4 Å². The van der Waals surface area contributed by atoms with E-state index in [2.05, 4.69) is 4.98 Å². The zero-order valence-corrected chi connectivity index (χ0v) is 10.9. The summed E-state index contributed by atoms with van der Waals surface area (Å²) >= 11 is 0. The molecule has 1 unspecified atom stereocenters. The van der Waals surface area contributed by atoms with Gasteiger partial charge < -0.3 is 15.6 Å². The lowest BCUT2D eigenvalue weighted by atomic mass is 10.1. The van der Waals surface area contributed by atoms with Crippen LogP contribution < -0.4 is 10.5 Å². The lowest BCUT2D eigenvalue weighted by molar-refractivity contribution is 0.298. The average Bonchev–Trinajstić information content (AvgIpc) is 2.42. The molecule has 1 atom stereocenters. The molecular weight excluding hydrogens is 240 g/mol. The number of nitrogens with zero attached hydrogens (tertiary/aromatic N) is 1. The monoisotopic (exact) mass is 258 g/mol. The van der Waals surface area contributed by atoms with Crippen molar-refractivity contribution in [2.75, 3.05) is 6.61 Å². The van der Waals surface area contributed by atoms with Crippen molar-refractivity contribution in [1.82, 2.24) is 4.98 Å². The molecule has 1 aromatic heterocycles. The average molecular weight is 258 g/mol. The Hall–Kier alpha value is -1.91. The molecule has 0 fully saturated rings. The molecule has 0 saturated carbocycles. The molecule has 4 nitrogen and oxygen atoms in total. The zero-order chi connectivity index (χ0) is 13.7. The summed E-state index contributed by atoms with van der Waals surface area (Å²) in [5.41, 5.74) is 7.55. The summed E-state index contributed by atoms with van der Waals surface area (Å²) in [6, 6.07) is 11.3. The zero-order valence-electron chi connectivity index (χ0n) is 10.9. The Morgan fingerprint density at radius 1 is 1.26 bits per heavy atom. The number of benzene rings is 1. The van der Waals surface area contributed by atoms with E-state index in [9.17, 15) is 0 Å². The lowest BCUT2D eigenvalue weighted by Crippen LogP contribution is -2.06. The van der Waals surface area contributed by atoms with E-state index in [0.29, 0.717) is 12.2 Å². The Bertz CT molecular complexity index is 524. The van der Waals surface area contributed by atoms with Gasteiger partial charge in [-0.3, -0.25) is 4.98 Å². The van der Waals surface area contributed by atoms with Gasteiger partial charge in [0.25, 0.3) is 0 Å². The molecule has 0 spiro atoms. The summed E-state index contributed by atoms with van der Waals surface area (Å²) < 4.78 is 5.78. The number of ether oxygens (including phenoxy) is 1. The van der Waals surface area contributed by atoms with Crippen LogP contribution in [0.1, 0.15) is 24.2 Å². The summed E-state index contributed by atoms with van der Waals surface area (Å²) in [6.07, 6.45) is 2.23. The van der Waals surface area contributed by atoms with Crippen molar-refractivity contribution in [3.63, 3.8) is 0 Å². The van der Waals surface area contributed by atoms with Gasteiger partial charge in [-0.25, -0.2) is 0 Å². The van der Waals surface area contributed by atoms with Gasteiger partial charge in [0.2, 0.25) is 0 Å². The molecule has 0 saturated heterocycles. The maximum atomic E-state index is 9.03. The van der Waals surface area contributed by atoms with E-state index in [-0.39, 0.29) is 12.6 Å². The number of rotatable bonds is 5. The van der Waals surface area contributed by atoms with Gasteiger partial charge in [0.15, 0.2) is 0 Å². The molecule has 2 aromatic rings. The third-order valence-corrected chi connectivity index (χ3v) is 2.81. The van der Waals surface area contributed by atoms with Crippen LogP contribution in [0.25, 0.3) is 0 Å². The first kappa shape index (κ1) is 13.5. The van der Waals surface area contributed by atoms with Crippen LogP contribution in [0.2, 0.25) is 0 Å². The highest BCUT2D eigenvalue weighted by molar-refractivity contribution is 5.37. The number of para-hydroxylation sites is 1. The van der Waals surface area contributed by atoms with Gasteiger partial charge in [-0.05, 0) is 37.1 Å². The fourth-order valence-corrected chi connectivity index (χ4v) is 1.78. The van der Waals surface area contributed by atoms with E-state index >= 15 is 0 Å². The van der Waals surface area contributed by atoms with Crippen molar-refractivity contribution in [2.24, 2.45) is 5.73 Å². The number of hydrogen-bond donors (Lipinski definition) is 2. The molecule has 3 N–H and O–H groups in total. The van der Waals surface area contributed by atoms with E-state index in [1.807, 2.05) is 43.3 Å². The highest BCUT2D eigenvalue weighted by Crippen LogP contribution is 2.25. The maximum absolute atomic E-state index is 9.03. The minimum absolute atomic E-state index is 0.0873. The number of pyridine rings is 1. The van der Waals surface area contributed by atoms with Crippen LogP contribution in [0, 0.1) is 0 Å². The molecule has 0 aliphatic heterocycles. The minimum atomic E-state index is -0.0873. The Morgan fingerprint density at radius 2 is 2.05 bits per heavy atom. The molecule has 0 bridgehead atoms. The fraction of sp³-hybridized carbons (Fsp3) is 0.267. The first-order valence-corrected chi connectivity index (χ1v) is 6.29. The van der Waals surface area contributed by atoms with Gasteiger partial charge in [-0.15, -0.1) is 0 Å². The summed E-state index contributed by atoms with van der Waals surface area (Å²) in [7, 11) is 0. The molecular formula is C15H18N2O2. The maximum Gasteiger partial charge on any atom is 0.145 e. The van der Waals surface area contributed by atoms with Gasteiger partial charge in [0.05, 0.1) is 11.9 Å². The molecule has 0 amide bonds. The van der Waals surface area contributed by atoms with Gasteiger partial charge in [0.1, 0.15) is 11.5 Å². The van der Waals surface area contributed by atoms with E-state index < -0.39 is 0 Å². The third-order valence-electron chi connectivity index (χ3n) is 2.81. The molecule has 4 heteroatoms. The Kier molecular flexibility index (Phi) is 4.49. The van der Waals surface area contributed by atoms with Gasteiger partial charge in [-0.1, -0.05) is 18.2 Å². The summed E-state index contributed by atoms with van der Waals surface area (Å²) in [5, 5.41) is 9.03. The van der Waals surface area contributed by atoms with E-state index in [4.69, 9.17) is 15.6 Å². The number of aromatic nitrogens is 1. The molecule has 0 aliphatic rings. The molecule has 0 aliphatic carbocycles. The second kappa shape index (κ2) is 6.31. The second-order valence-corrected chi connectivity index (χ2v) is 4.39. The Morgan fingerprint density at radius 3 is 2.68 bits per heavy atom. The predicted molar refractivity (Wildman–Crippen MR) is 74.1 cm³/mol. The number of aliphatic hydroxyl groups is 1. The quantitative estimate of drug-likeness (QED) is 0.864. The summed E-state index contributed by atoms with van der Waals surface area (Å²) in [5.74, 6) is 1.40. The predicted octanol–water partition coefficient (Wildman–Crippen LogP) is 2.43. The smallest absolute Gasteiger partial charge is 0.145 e. The first-order valence-electron chi connectivity index (χ1n) is 6.29. The van der Waals surface area contributed by atoms with Crippen molar-refractivity contribution in [3.05, 3.63) is 53.9 Å². The van der Waals surface area contributed by atoms with Crippen molar-refractivity contribution >= 4 is 0 Å². The SMILES string of the molecule is CC(N)c1ccc(Oc2ccccc2CCO)cn1. The Balaban J connectivity index is 2.16. The van der Waals surface area contributed by atoms with E-state index in [1.165, 1.54) is 0 Å². The highest BCUT2D eigenvalue weighted by Gasteiger charge is 2.05. The number of aliphatic hydroxyl groups excluding tert-OH is 1. The van der Waals surface area contributed by atoms with Crippen molar-refractivity contribution in [1.29, 1.82) is 0 Å². The van der Waals surface area contributed by atoms with Gasteiger partial charge >= 0.3 is 0 Å². The summed E-state index contributed by atoms with van der Waals surface area (Å²) in [4.78, 5) is 4.25. The molecule has 19 heavy (non-hydrogen) atoms. The van der Waals surface area contributed by atoms with Crippen LogP contribution in [0.4, 0.5) is 0 Å². The standard InChI is InChI=1S/C15H18N2O2/c1-11(16)14-7-6-13(10-17-14)19-15-5-3-2-4-12(15)8-9-18/h2-7,10-11,18H,8-9,16H2,1H3. The van der Waals surface area contributed by atoms with Crippen molar-refractivity contribution in [3.8, 4) is 11.5 Å². The highest BCUT2D eigenvalue weighted by atomic mass is 16.5. The van der Waals surface area contributed by atoms with Crippen LogP contribution in [0.5, 0.6) is 11.5 Å². The van der Waals surface area contributed by atoms with E-state index in [1.54, 1.807) is 6.20 Å². The Labute approximate surface area is 112 Å². The van der Waals surface area contributed by atoms with Crippen LogP contribution >= 0.6 is 0 Å². The molecule has 1 heterocycles. The van der Waals surface area contributed by atoms with Gasteiger partial charge in [0, 0.05) is 12.6 Å². The molecule has 0 radical (unpaired) electrons. The van der Waals surface area contributed by atoms with Crippen LogP contribution in [-0.2, 0) is 6.42 Å². The number of nitrogens with two attached hydrogens (primary N) is 1. The molecule has 1 aromatic carbocycles. The largest absolute Gasteiger partial charge is 0.455 e. The van der Waals surface area contributed by atoms with Gasteiger partial charge in [-0.2, -0.15) is 0 Å². The molecule has 100 valence electrons. The molecule has 2 rings (SSSR count). The van der Waals surface area contributed by atoms with Crippen molar-refractivity contribution < 1.29 is 9.84 Å². The minimum Gasteiger partial charge on any atom is -0.455 e. The van der Waals surface area contributed by atoms with Crippen molar-refractivity contribution in [2.45, 2.75) is 19.4 Å².